The van der Waals surface area contributed by atoms with Gasteiger partial charge in [-0.2, -0.15) is 4.98 Å². The number of hydrogen-bond acceptors (Lipinski definition) is 7. The van der Waals surface area contributed by atoms with E-state index in [0.717, 1.165) is 0 Å². The van der Waals surface area contributed by atoms with E-state index >= 15 is 0 Å². The molecule has 8 nitrogen and oxygen atoms in total. The third kappa shape index (κ3) is 3.27. The van der Waals surface area contributed by atoms with Crippen LogP contribution in [0.3, 0.4) is 0 Å². The van der Waals surface area contributed by atoms with Gasteiger partial charge in [-0.05, 0) is 31.2 Å². The molecule has 4 rings (SSSR count). The van der Waals surface area contributed by atoms with Crippen LogP contribution >= 0.6 is 0 Å². The molecule has 1 unspecified atom stereocenters. The molecular formula is C18H17N5O3. The van der Waals surface area contributed by atoms with Gasteiger partial charge in [-0.3, -0.25) is 9.36 Å². The SMILES string of the molecule is CC(Cn1cnc2ccccc2c1=O)NCc1noc(-c2ccco2)n1. The highest BCUT2D eigenvalue weighted by Gasteiger charge is 2.12. The Kier molecular flexibility index (Phi) is 4.32. The fourth-order valence-corrected chi connectivity index (χ4v) is 2.69. The van der Waals surface area contributed by atoms with Gasteiger partial charge in [0.05, 0.1) is 30.0 Å². The Morgan fingerprint density at radius 2 is 2.12 bits per heavy atom. The van der Waals surface area contributed by atoms with Crippen molar-refractivity contribution in [1.29, 1.82) is 0 Å². The first kappa shape index (κ1) is 16.2. The third-order valence-corrected chi connectivity index (χ3v) is 4.01. The van der Waals surface area contributed by atoms with Crippen molar-refractivity contribution in [2.45, 2.75) is 26.1 Å². The summed E-state index contributed by atoms with van der Waals surface area (Å²) >= 11 is 0. The van der Waals surface area contributed by atoms with Crippen LogP contribution in [0.1, 0.15) is 12.7 Å². The average molecular weight is 351 g/mol. The molecule has 4 aromatic rings. The summed E-state index contributed by atoms with van der Waals surface area (Å²) in [5, 5.41) is 7.81. The smallest absolute Gasteiger partial charge is 0.293 e. The number of aromatic nitrogens is 4. The minimum atomic E-state index is -0.0519. The number of nitrogens with one attached hydrogen (secondary N) is 1. The van der Waals surface area contributed by atoms with Gasteiger partial charge >= 0.3 is 0 Å². The molecule has 0 saturated carbocycles. The van der Waals surface area contributed by atoms with Gasteiger partial charge in [-0.15, -0.1) is 0 Å². The van der Waals surface area contributed by atoms with E-state index in [9.17, 15) is 4.79 Å². The monoisotopic (exact) mass is 351 g/mol. The largest absolute Gasteiger partial charge is 0.459 e. The van der Waals surface area contributed by atoms with Crippen LogP contribution < -0.4 is 10.9 Å². The van der Waals surface area contributed by atoms with Crippen molar-refractivity contribution in [3.05, 3.63) is 65.2 Å². The molecule has 0 amide bonds. The van der Waals surface area contributed by atoms with Crippen molar-refractivity contribution in [3.8, 4) is 11.7 Å². The van der Waals surface area contributed by atoms with E-state index in [-0.39, 0.29) is 11.6 Å². The van der Waals surface area contributed by atoms with Gasteiger partial charge in [0.1, 0.15) is 0 Å². The first-order valence-electron chi connectivity index (χ1n) is 8.25. The topological polar surface area (TPSA) is 99.0 Å². The zero-order chi connectivity index (χ0) is 17.9. The Labute approximate surface area is 148 Å². The van der Waals surface area contributed by atoms with Crippen LogP contribution in [-0.4, -0.2) is 25.7 Å². The molecule has 132 valence electrons. The molecule has 3 heterocycles. The molecule has 0 bridgehead atoms. The normalized spacial score (nSPS) is 12.5. The van der Waals surface area contributed by atoms with Crippen molar-refractivity contribution < 1.29 is 8.94 Å². The van der Waals surface area contributed by atoms with Gasteiger partial charge in [0.25, 0.3) is 11.4 Å². The third-order valence-electron chi connectivity index (χ3n) is 4.01. The summed E-state index contributed by atoms with van der Waals surface area (Å²) in [5.41, 5.74) is 0.649. The highest BCUT2D eigenvalue weighted by molar-refractivity contribution is 5.76. The molecule has 1 aromatic carbocycles. The lowest BCUT2D eigenvalue weighted by molar-refractivity contribution is 0.400. The highest BCUT2D eigenvalue weighted by Crippen LogP contribution is 2.16. The summed E-state index contributed by atoms with van der Waals surface area (Å²) < 4.78 is 12.0. The van der Waals surface area contributed by atoms with Gasteiger partial charge < -0.3 is 14.3 Å². The Morgan fingerprint density at radius 3 is 2.96 bits per heavy atom. The van der Waals surface area contributed by atoms with Gasteiger partial charge in [0.2, 0.25) is 0 Å². The molecule has 8 heteroatoms. The summed E-state index contributed by atoms with van der Waals surface area (Å²) in [4.78, 5) is 21.1. The lowest BCUT2D eigenvalue weighted by Gasteiger charge is -2.14. The summed E-state index contributed by atoms with van der Waals surface area (Å²) in [5.74, 6) is 1.40. The standard InChI is InChI=1S/C18H17N5O3/c1-12(10-23-11-20-14-6-3-2-5-13(14)18(23)24)19-9-16-21-17(26-22-16)15-7-4-8-25-15/h2-8,11-12,19H,9-10H2,1H3. The second-order valence-corrected chi connectivity index (χ2v) is 5.99. The fourth-order valence-electron chi connectivity index (χ4n) is 2.69. The molecular weight excluding hydrogens is 334 g/mol. The van der Waals surface area contributed by atoms with Crippen LogP contribution in [0.15, 0.2) is 62.7 Å². The van der Waals surface area contributed by atoms with Crippen LogP contribution in [-0.2, 0) is 13.1 Å². The molecule has 0 aliphatic rings. The molecule has 0 radical (unpaired) electrons. The molecule has 0 saturated heterocycles. The molecule has 0 aliphatic carbocycles. The van der Waals surface area contributed by atoms with Crippen LogP contribution in [0.4, 0.5) is 0 Å². The maximum absolute atomic E-state index is 12.5. The van der Waals surface area contributed by atoms with Gasteiger partial charge in [-0.25, -0.2) is 4.98 Å². The predicted molar refractivity (Wildman–Crippen MR) is 94.3 cm³/mol. The first-order valence-corrected chi connectivity index (χ1v) is 8.25. The summed E-state index contributed by atoms with van der Waals surface area (Å²) in [7, 11) is 0. The van der Waals surface area contributed by atoms with Crippen molar-refractivity contribution in [1.82, 2.24) is 25.0 Å². The van der Waals surface area contributed by atoms with Crippen molar-refractivity contribution >= 4 is 10.9 Å². The molecule has 3 aromatic heterocycles. The van der Waals surface area contributed by atoms with Crippen molar-refractivity contribution in [3.63, 3.8) is 0 Å². The lowest BCUT2D eigenvalue weighted by atomic mass is 10.2. The number of furan rings is 1. The molecule has 26 heavy (non-hydrogen) atoms. The average Bonchev–Trinajstić information content (AvgIpc) is 3.34. The van der Waals surface area contributed by atoms with E-state index in [0.29, 0.717) is 41.5 Å². The number of hydrogen-bond donors (Lipinski definition) is 1. The van der Waals surface area contributed by atoms with E-state index in [2.05, 4.69) is 20.4 Å². The van der Waals surface area contributed by atoms with Gasteiger partial charge in [0, 0.05) is 12.6 Å². The fraction of sp³-hybridized carbons (Fsp3) is 0.222. The second kappa shape index (κ2) is 6.93. The van der Waals surface area contributed by atoms with Gasteiger partial charge in [0.15, 0.2) is 11.6 Å². The van der Waals surface area contributed by atoms with Crippen LogP contribution in [0, 0.1) is 0 Å². The predicted octanol–water partition coefficient (Wildman–Crippen LogP) is 2.22. The first-order chi connectivity index (χ1) is 12.7. The Bertz CT molecular complexity index is 1070. The van der Waals surface area contributed by atoms with Crippen molar-refractivity contribution in [2.24, 2.45) is 0 Å². The minimum absolute atomic E-state index is 0.0150. The lowest BCUT2D eigenvalue weighted by Crippen LogP contribution is -2.34. The summed E-state index contributed by atoms with van der Waals surface area (Å²) in [6.45, 7) is 2.88. The van der Waals surface area contributed by atoms with Gasteiger partial charge in [-0.1, -0.05) is 17.3 Å². The second-order valence-electron chi connectivity index (χ2n) is 5.99. The Morgan fingerprint density at radius 1 is 1.23 bits per heavy atom. The van der Waals surface area contributed by atoms with E-state index in [1.807, 2.05) is 25.1 Å². The minimum Gasteiger partial charge on any atom is -0.459 e. The van der Waals surface area contributed by atoms with Crippen LogP contribution in [0.5, 0.6) is 0 Å². The number of para-hydroxylation sites is 1. The summed E-state index contributed by atoms with van der Waals surface area (Å²) in [6.07, 6.45) is 3.13. The maximum atomic E-state index is 12.5. The van der Waals surface area contributed by atoms with E-state index in [1.54, 1.807) is 35.4 Å². The van der Waals surface area contributed by atoms with Crippen LogP contribution in [0.25, 0.3) is 22.6 Å². The highest BCUT2D eigenvalue weighted by atomic mass is 16.5. The number of nitrogens with zero attached hydrogens (tertiary/aromatic N) is 4. The Hall–Kier alpha value is -3.26. The number of fused-ring (bicyclic) bond motifs is 1. The van der Waals surface area contributed by atoms with E-state index < -0.39 is 0 Å². The molecule has 1 atom stereocenters. The zero-order valence-electron chi connectivity index (χ0n) is 14.1. The quantitative estimate of drug-likeness (QED) is 0.568. The number of benzene rings is 1. The maximum Gasteiger partial charge on any atom is 0.293 e. The van der Waals surface area contributed by atoms with E-state index in [1.165, 1.54) is 0 Å². The summed E-state index contributed by atoms with van der Waals surface area (Å²) in [6, 6.07) is 10.8. The zero-order valence-corrected chi connectivity index (χ0v) is 14.1. The van der Waals surface area contributed by atoms with Crippen molar-refractivity contribution in [2.75, 3.05) is 0 Å². The van der Waals surface area contributed by atoms with Crippen LogP contribution in [0.2, 0.25) is 0 Å². The molecule has 0 fully saturated rings. The molecule has 1 N–H and O–H groups in total. The molecule has 0 spiro atoms. The molecule has 0 aliphatic heterocycles. The number of rotatable bonds is 6. The van der Waals surface area contributed by atoms with E-state index in [4.69, 9.17) is 8.94 Å². The Balaban J connectivity index is 1.41.